The van der Waals surface area contributed by atoms with Crippen LogP contribution < -0.4 is 10.1 Å². The summed E-state index contributed by atoms with van der Waals surface area (Å²) in [5.74, 6) is 0.110. The van der Waals surface area contributed by atoms with E-state index in [1.165, 1.54) is 17.0 Å². The van der Waals surface area contributed by atoms with Gasteiger partial charge in [0.15, 0.2) is 0 Å². The van der Waals surface area contributed by atoms with E-state index in [0.29, 0.717) is 32.0 Å². The number of halogens is 1. The lowest BCUT2D eigenvalue weighted by molar-refractivity contribution is -0.135. The van der Waals surface area contributed by atoms with Gasteiger partial charge in [0.25, 0.3) is 0 Å². The Bertz CT molecular complexity index is 961. The third kappa shape index (κ3) is 6.07. The molecule has 0 unspecified atom stereocenters. The fourth-order valence-electron chi connectivity index (χ4n) is 4.43. The van der Waals surface area contributed by atoms with Gasteiger partial charge >= 0.3 is 6.03 Å². The molecule has 3 amide bonds. The molecule has 1 aromatic heterocycles. The molecule has 0 aliphatic carbocycles. The molecule has 0 saturated carbocycles. The van der Waals surface area contributed by atoms with Crippen LogP contribution in [0, 0.1) is 5.82 Å². The second kappa shape index (κ2) is 11.7. The van der Waals surface area contributed by atoms with Crippen molar-refractivity contribution in [2.45, 2.75) is 44.8 Å². The molecular formula is C25H32FN3O4S. The van der Waals surface area contributed by atoms with Gasteiger partial charge in [-0.25, -0.2) is 9.18 Å². The van der Waals surface area contributed by atoms with Crippen molar-refractivity contribution in [3.63, 3.8) is 0 Å². The molecule has 1 saturated heterocycles. The van der Waals surface area contributed by atoms with E-state index in [1.54, 1.807) is 28.4 Å². The number of hydrogen-bond donors (Lipinski definition) is 1. The van der Waals surface area contributed by atoms with E-state index in [4.69, 9.17) is 9.47 Å². The number of benzene rings is 1. The van der Waals surface area contributed by atoms with Gasteiger partial charge in [-0.3, -0.25) is 4.79 Å². The molecule has 34 heavy (non-hydrogen) atoms. The van der Waals surface area contributed by atoms with Gasteiger partial charge in [0.05, 0.1) is 12.1 Å². The summed E-state index contributed by atoms with van der Waals surface area (Å²) in [7, 11) is 0. The lowest BCUT2D eigenvalue weighted by atomic mass is 10.0. The topological polar surface area (TPSA) is 71.1 Å². The van der Waals surface area contributed by atoms with Crippen molar-refractivity contribution in [2.24, 2.45) is 0 Å². The minimum absolute atomic E-state index is 0.0120. The van der Waals surface area contributed by atoms with Gasteiger partial charge in [-0.05, 0) is 67.0 Å². The average molecular weight is 490 g/mol. The minimum Gasteiger partial charge on any atom is -0.491 e. The Morgan fingerprint density at radius 2 is 2.12 bits per heavy atom. The summed E-state index contributed by atoms with van der Waals surface area (Å²) in [5.41, 5.74) is 1.08. The molecule has 4 rings (SSSR count). The van der Waals surface area contributed by atoms with Crippen LogP contribution in [0.4, 0.5) is 9.18 Å². The highest BCUT2D eigenvalue weighted by molar-refractivity contribution is 7.10. The van der Waals surface area contributed by atoms with E-state index >= 15 is 0 Å². The smallest absolute Gasteiger partial charge is 0.317 e. The Kier molecular flexibility index (Phi) is 8.39. The summed E-state index contributed by atoms with van der Waals surface area (Å²) in [5, 5.41) is 4.93. The Hall–Kier alpha value is -2.65. The number of fused-ring (bicyclic) bond motifs is 1. The maximum atomic E-state index is 13.5. The van der Waals surface area contributed by atoms with Crippen molar-refractivity contribution in [3.05, 3.63) is 52.0 Å². The second-order valence-electron chi connectivity index (χ2n) is 8.66. The van der Waals surface area contributed by atoms with Crippen molar-refractivity contribution in [1.29, 1.82) is 0 Å². The van der Waals surface area contributed by atoms with Crippen LogP contribution in [0.2, 0.25) is 0 Å². The van der Waals surface area contributed by atoms with Crippen LogP contribution in [0.15, 0.2) is 35.7 Å². The van der Waals surface area contributed by atoms with Gasteiger partial charge in [-0.15, -0.1) is 11.3 Å². The molecule has 2 atom stereocenters. The van der Waals surface area contributed by atoms with Crippen LogP contribution in [0.1, 0.15) is 42.7 Å². The van der Waals surface area contributed by atoms with Crippen molar-refractivity contribution in [3.8, 4) is 5.75 Å². The summed E-state index contributed by atoms with van der Waals surface area (Å²) in [4.78, 5) is 31.0. The Labute approximate surface area is 203 Å². The molecular weight excluding hydrogens is 457 g/mol. The normalized spacial score (nSPS) is 19.5. The number of carbonyl (C=O) groups is 2. The summed E-state index contributed by atoms with van der Waals surface area (Å²) in [6.07, 6.45) is 3.42. The zero-order valence-electron chi connectivity index (χ0n) is 19.5. The molecule has 0 spiro atoms. The van der Waals surface area contributed by atoms with Gasteiger partial charge in [0.1, 0.15) is 24.7 Å². The molecule has 2 aromatic rings. The van der Waals surface area contributed by atoms with Crippen molar-refractivity contribution in [1.82, 2.24) is 15.1 Å². The van der Waals surface area contributed by atoms with E-state index in [-0.39, 0.29) is 43.1 Å². The molecule has 2 aliphatic rings. The van der Waals surface area contributed by atoms with E-state index in [2.05, 4.69) is 5.32 Å². The predicted octanol–water partition coefficient (Wildman–Crippen LogP) is 3.99. The molecule has 9 heteroatoms. The number of rotatable bonds is 9. The van der Waals surface area contributed by atoms with E-state index < -0.39 is 0 Å². The number of ether oxygens (including phenoxy) is 2. The maximum absolute atomic E-state index is 13.5. The van der Waals surface area contributed by atoms with E-state index in [1.807, 2.05) is 23.3 Å². The number of amides is 3. The number of nitrogens with one attached hydrogen (secondary N) is 1. The fourth-order valence-corrected chi connectivity index (χ4v) is 5.36. The van der Waals surface area contributed by atoms with Crippen LogP contribution in [-0.2, 0) is 16.0 Å². The summed E-state index contributed by atoms with van der Waals surface area (Å²) in [6.45, 7) is 4.46. The van der Waals surface area contributed by atoms with Crippen LogP contribution >= 0.6 is 11.3 Å². The van der Waals surface area contributed by atoms with Gasteiger partial charge in [-0.2, -0.15) is 0 Å². The first kappa shape index (κ1) is 24.5. The van der Waals surface area contributed by atoms with Crippen molar-refractivity contribution < 1.29 is 23.5 Å². The largest absolute Gasteiger partial charge is 0.491 e. The monoisotopic (exact) mass is 489 g/mol. The van der Waals surface area contributed by atoms with Gasteiger partial charge < -0.3 is 24.6 Å². The highest BCUT2D eigenvalue weighted by Gasteiger charge is 2.34. The number of carbonyl (C=O) groups excluding carboxylic acids is 2. The Morgan fingerprint density at radius 1 is 1.29 bits per heavy atom. The lowest BCUT2D eigenvalue weighted by Gasteiger charge is -2.37. The first-order valence-corrected chi connectivity index (χ1v) is 12.8. The Morgan fingerprint density at radius 3 is 2.85 bits per heavy atom. The fraction of sp³-hybridized carbons (Fsp3) is 0.520. The maximum Gasteiger partial charge on any atom is 0.317 e. The first-order chi connectivity index (χ1) is 16.5. The standard InChI is InChI=1S/C25H32FN3O4S/c1-2-11-27-25(31)28(15-20-4-3-13-32-20)16-24(30)29-12-9-23-21(10-14-34-23)22(29)17-33-19-7-5-18(26)6-8-19/h5-8,10,14,20,22H,2-4,9,11-13,15-17H2,1H3,(H,27,31)/t20-,22-/m1/s1. The van der Waals surface area contributed by atoms with Gasteiger partial charge in [0.2, 0.25) is 5.91 Å². The number of urea groups is 1. The summed E-state index contributed by atoms with van der Waals surface area (Å²) < 4.78 is 24.9. The third-order valence-electron chi connectivity index (χ3n) is 6.22. The number of nitrogens with zero attached hydrogens (tertiary/aromatic N) is 2. The van der Waals surface area contributed by atoms with Crippen LogP contribution in [0.5, 0.6) is 5.75 Å². The Balaban J connectivity index is 1.47. The first-order valence-electron chi connectivity index (χ1n) is 11.9. The summed E-state index contributed by atoms with van der Waals surface area (Å²) in [6, 6.07) is 7.41. The SMILES string of the molecule is CCCNC(=O)N(CC(=O)N1CCc2sccc2[C@H]1COc1ccc(F)cc1)C[C@H]1CCCO1. The predicted molar refractivity (Wildman–Crippen MR) is 129 cm³/mol. The molecule has 1 fully saturated rings. The second-order valence-corrected chi connectivity index (χ2v) is 9.67. The van der Waals surface area contributed by atoms with Crippen LogP contribution in [0.25, 0.3) is 0 Å². The zero-order chi connectivity index (χ0) is 23.9. The lowest BCUT2D eigenvalue weighted by Crippen LogP contribution is -2.51. The molecule has 1 N–H and O–H groups in total. The molecule has 1 aromatic carbocycles. The molecule has 0 radical (unpaired) electrons. The molecule has 3 heterocycles. The molecule has 184 valence electrons. The van der Waals surface area contributed by atoms with E-state index in [0.717, 1.165) is 31.2 Å². The molecule has 2 aliphatic heterocycles. The number of thiophene rings is 1. The highest BCUT2D eigenvalue weighted by atomic mass is 32.1. The van der Waals surface area contributed by atoms with Crippen molar-refractivity contribution in [2.75, 3.05) is 39.4 Å². The quantitative estimate of drug-likeness (QED) is 0.578. The molecule has 7 nitrogen and oxygen atoms in total. The number of hydrogen-bond acceptors (Lipinski definition) is 5. The van der Waals surface area contributed by atoms with Crippen LogP contribution in [0.3, 0.4) is 0 Å². The minimum atomic E-state index is -0.324. The van der Waals surface area contributed by atoms with Gasteiger partial charge in [-0.1, -0.05) is 6.92 Å². The summed E-state index contributed by atoms with van der Waals surface area (Å²) >= 11 is 1.68. The average Bonchev–Trinajstić information content (AvgIpc) is 3.53. The zero-order valence-corrected chi connectivity index (χ0v) is 20.3. The van der Waals surface area contributed by atoms with Crippen LogP contribution in [-0.4, -0.2) is 67.2 Å². The van der Waals surface area contributed by atoms with Crippen molar-refractivity contribution >= 4 is 23.3 Å². The van der Waals surface area contributed by atoms with E-state index in [9.17, 15) is 14.0 Å². The third-order valence-corrected chi connectivity index (χ3v) is 7.22. The highest BCUT2D eigenvalue weighted by Crippen LogP contribution is 2.34. The van der Waals surface area contributed by atoms with Gasteiger partial charge in [0, 0.05) is 31.1 Å². The molecule has 0 bridgehead atoms.